The van der Waals surface area contributed by atoms with Gasteiger partial charge < -0.3 is 11.5 Å². The highest BCUT2D eigenvalue weighted by Gasteiger charge is 2.11. The minimum absolute atomic E-state index is 0.0794. The zero-order valence-electron chi connectivity index (χ0n) is 10.3. The first-order chi connectivity index (χ1) is 9.15. The second kappa shape index (κ2) is 6.20. The van der Waals surface area contributed by atoms with Crippen LogP contribution in [0.2, 0.25) is 5.02 Å². The highest BCUT2D eigenvalue weighted by atomic mass is 35.5. The molecule has 0 saturated heterocycles. The van der Waals surface area contributed by atoms with E-state index < -0.39 is 0 Å². The average molecular weight is 275 g/mol. The summed E-state index contributed by atoms with van der Waals surface area (Å²) in [5.41, 5.74) is 13.1. The summed E-state index contributed by atoms with van der Waals surface area (Å²) >= 11 is 5.87. The second-order valence-electron chi connectivity index (χ2n) is 4.18. The highest BCUT2D eigenvalue weighted by Crippen LogP contribution is 2.22. The van der Waals surface area contributed by atoms with E-state index in [-0.39, 0.29) is 12.0 Å². The van der Waals surface area contributed by atoms with Gasteiger partial charge in [0, 0.05) is 17.4 Å². The number of nitrogens with two attached hydrogens (primary N) is 2. The van der Waals surface area contributed by atoms with Crippen molar-refractivity contribution in [1.82, 2.24) is 4.98 Å². The Kier molecular flexibility index (Phi) is 4.36. The molecule has 2 rings (SSSR count). The monoisotopic (exact) mass is 274 g/mol. The number of rotatable bonds is 4. The smallest absolute Gasteiger partial charge is 0.186 e. The first-order valence-corrected chi connectivity index (χ1v) is 6.26. The zero-order chi connectivity index (χ0) is 13.7. The van der Waals surface area contributed by atoms with Gasteiger partial charge in [0.1, 0.15) is 0 Å². The van der Waals surface area contributed by atoms with Crippen LogP contribution in [0.15, 0.2) is 53.8 Å². The Hall–Kier alpha value is -2.07. The van der Waals surface area contributed by atoms with Gasteiger partial charge in [-0.05, 0) is 41.8 Å². The SMILES string of the molecule is NC(N)=NC(Cc1ccc(Cl)cc1)c1ccncc1. The van der Waals surface area contributed by atoms with E-state index in [1.807, 2.05) is 36.4 Å². The van der Waals surface area contributed by atoms with Crippen molar-refractivity contribution in [3.8, 4) is 0 Å². The molecule has 0 radical (unpaired) electrons. The number of hydrogen-bond donors (Lipinski definition) is 2. The van der Waals surface area contributed by atoms with Gasteiger partial charge in [0.05, 0.1) is 6.04 Å². The van der Waals surface area contributed by atoms with Crippen molar-refractivity contribution in [2.75, 3.05) is 0 Å². The first-order valence-electron chi connectivity index (χ1n) is 5.88. The van der Waals surface area contributed by atoms with E-state index in [9.17, 15) is 0 Å². The summed E-state index contributed by atoms with van der Waals surface area (Å²) in [6, 6.07) is 11.4. The standard InChI is InChI=1S/C14H15ClN4/c15-12-3-1-10(2-4-12)9-13(19-14(16)17)11-5-7-18-8-6-11/h1-8,13H,9H2,(H4,16,17,19). The van der Waals surface area contributed by atoms with Gasteiger partial charge in [-0.3, -0.25) is 4.98 Å². The fraction of sp³-hybridized carbons (Fsp3) is 0.143. The van der Waals surface area contributed by atoms with Crippen LogP contribution >= 0.6 is 11.6 Å². The molecule has 1 aromatic heterocycles. The van der Waals surface area contributed by atoms with Crippen LogP contribution in [-0.4, -0.2) is 10.9 Å². The van der Waals surface area contributed by atoms with Gasteiger partial charge in [-0.1, -0.05) is 23.7 Å². The molecule has 0 amide bonds. The van der Waals surface area contributed by atoms with Gasteiger partial charge in [0.15, 0.2) is 5.96 Å². The maximum absolute atomic E-state index is 5.87. The van der Waals surface area contributed by atoms with Crippen molar-refractivity contribution in [3.63, 3.8) is 0 Å². The summed E-state index contributed by atoms with van der Waals surface area (Å²) in [5.74, 6) is 0.0794. The molecule has 0 bridgehead atoms. The summed E-state index contributed by atoms with van der Waals surface area (Å²) in [6.07, 6.45) is 4.16. The molecule has 2 aromatic rings. The van der Waals surface area contributed by atoms with Crippen LogP contribution in [0.1, 0.15) is 17.2 Å². The number of pyridine rings is 1. The largest absolute Gasteiger partial charge is 0.370 e. The lowest BCUT2D eigenvalue weighted by Gasteiger charge is -2.13. The number of hydrogen-bond acceptors (Lipinski definition) is 2. The lowest BCUT2D eigenvalue weighted by molar-refractivity contribution is 0.720. The second-order valence-corrected chi connectivity index (χ2v) is 4.62. The molecule has 4 N–H and O–H groups in total. The summed E-state index contributed by atoms with van der Waals surface area (Å²) in [6.45, 7) is 0. The summed E-state index contributed by atoms with van der Waals surface area (Å²) in [4.78, 5) is 8.27. The molecule has 0 aliphatic carbocycles. The highest BCUT2D eigenvalue weighted by molar-refractivity contribution is 6.30. The van der Waals surface area contributed by atoms with E-state index in [1.165, 1.54) is 0 Å². The Morgan fingerprint density at radius 3 is 2.32 bits per heavy atom. The predicted octanol–water partition coefficient (Wildman–Crippen LogP) is 2.29. The molecule has 98 valence electrons. The summed E-state index contributed by atoms with van der Waals surface area (Å²) < 4.78 is 0. The van der Waals surface area contributed by atoms with Crippen molar-refractivity contribution in [2.45, 2.75) is 12.5 Å². The molecule has 4 nitrogen and oxygen atoms in total. The molecule has 0 saturated carbocycles. The van der Waals surface area contributed by atoms with E-state index in [1.54, 1.807) is 12.4 Å². The third-order valence-electron chi connectivity index (χ3n) is 2.74. The van der Waals surface area contributed by atoms with Crippen molar-refractivity contribution < 1.29 is 0 Å². The number of halogens is 1. The Labute approximate surface area is 117 Å². The Morgan fingerprint density at radius 2 is 1.74 bits per heavy atom. The number of benzene rings is 1. The first kappa shape index (κ1) is 13.4. The Bertz CT molecular complexity index is 547. The van der Waals surface area contributed by atoms with Crippen LogP contribution in [-0.2, 0) is 6.42 Å². The molecule has 1 unspecified atom stereocenters. The normalized spacial score (nSPS) is 11.8. The van der Waals surface area contributed by atoms with Crippen LogP contribution in [0.25, 0.3) is 0 Å². The lowest BCUT2D eigenvalue weighted by atomic mass is 10.0. The minimum atomic E-state index is -0.117. The van der Waals surface area contributed by atoms with E-state index in [4.69, 9.17) is 23.1 Å². The lowest BCUT2D eigenvalue weighted by Crippen LogP contribution is -2.24. The molecular weight excluding hydrogens is 260 g/mol. The predicted molar refractivity (Wildman–Crippen MR) is 77.9 cm³/mol. The molecule has 0 aliphatic heterocycles. The van der Waals surface area contributed by atoms with Crippen LogP contribution in [0.3, 0.4) is 0 Å². The van der Waals surface area contributed by atoms with Crippen LogP contribution < -0.4 is 11.5 Å². The quantitative estimate of drug-likeness (QED) is 0.663. The molecule has 0 spiro atoms. The minimum Gasteiger partial charge on any atom is -0.370 e. The molecule has 1 atom stereocenters. The number of aromatic nitrogens is 1. The molecule has 0 aliphatic rings. The van der Waals surface area contributed by atoms with Crippen molar-refractivity contribution in [3.05, 3.63) is 64.9 Å². The third-order valence-corrected chi connectivity index (χ3v) is 2.99. The maximum Gasteiger partial charge on any atom is 0.186 e. The Morgan fingerprint density at radius 1 is 1.11 bits per heavy atom. The molecule has 1 aromatic carbocycles. The maximum atomic E-state index is 5.87. The molecule has 0 fully saturated rings. The van der Waals surface area contributed by atoms with Gasteiger partial charge >= 0.3 is 0 Å². The van der Waals surface area contributed by atoms with E-state index >= 15 is 0 Å². The summed E-state index contributed by atoms with van der Waals surface area (Å²) in [7, 11) is 0. The topological polar surface area (TPSA) is 77.3 Å². The van der Waals surface area contributed by atoms with Crippen LogP contribution in [0, 0.1) is 0 Å². The zero-order valence-corrected chi connectivity index (χ0v) is 11.1. The number of aliphatic imine (C=N–C) groups is 1. The molecule has 1 heterocycles. The van der Waals surface area contributed by atoms with E-state index in [0.717, 1.165) is 11.1 Å². The van der Waals surface area contributed by atoms with Gasteiger partial charge in [0.25, 0.3) is 0 Å². The number of nitrogens with zero attached hydrogens (tertiary/aromatic N) is 2. The van der Waals surface area contributed by atoms with Crippen molar-refractivity contribution >= 4 is 17.6 Å². The van der Waals surface area contributed by atoms with Gasteiger partial charge in [-0.15, -0.1) is 0 Å². The van der Waals surface area contributed by atoms with Crippen molar-refractivity contribution in [1.29, 1.82) is 0 Å². The van der Waals surface area contributed by atoms with Crippen LogP contribution in [0.4, 0.5) is 0 Å². The third kappa shape index (κ3) is 3.96. The van der Waals surface area contributed by atoms with Gasteiger partial charge in [0.2, 0.25) is 0 Å². The summed E-state index contributed by atoms with van der Waals surface area (Å²) in [5, 5.41) is 0.714. The fourth-order valence-electron chi connectivity index (χ4n) is 1.85. The average Bonchev–Trinajstić information content (AvgIpc) is 2.41. The van der Waals surface area contributed by atoms with Crippen LogP contribution in [0.5, 0.6) is 0 Å². The van der Waals surface area contributed by atoms with Crippen molar-refractivity contribution in [2.24, 2.45) is 16.5 Å². The van der Waals surface area contributed by atoms with Gasteiger partial charge in [-0.25, -0.2) is 4.99 Å². The van der Waals surface area contributed by atoms with Gasteiger partial charge in [-0.2, -0.15) is 0 Å². The number of guanidine groups is 1. The molecular formula is C14H15ClN4. The molecule has 19 heavy (non-hydrogen) atoms. The van der Waals surface area contributed by atoms with E-state index in [0.29, 0.717) is 11.4 Å². The Balaban J connectivity index is 2.24. The fourth-order valence-corrected chi connectivity index (χ4v) is 1.97. The molecule has 5 heteroatoms. The van der Waals surface area contributed by atoms with E-state index in [2.05, 4.69) is 9.98 Å².